The Balaban J connectivity index is 2.26. The Hall–Kier alpha value is -2.38. The van der Waals surface area contributed by atoms with E-state index in [0.717, 1.165) is 0 Å². The van der Waals surface area contributed by atoms with Gasteiger partial charge in [0.05, 0.1) is 0 Å². The van der Waals surface area contributed by atoms with Gasteiger partial charge in [-0.3, -0.25) is 0 Å². The lowest BCUT2D eigenvalue weighted by Crippen LogP contribution is -2.31. The highest BCUT2D eigenvalue weighted by Gasteiger charge is 2.36. The lowest BCUT2D eigenvalue weighted by molar-refractivity contribution is 0.265. The Morgan fingerprint density at radius 3 is 0.794 bits per heavy atom. The number of benzene rings is 3. The van der Waals surface area contributed by atoms with Gasteiger partial charge in [0.25, 0.3) is 0 Å². The molecule has 3 rings (SSSR count). The smallest absolute Gasteiger partial charge is 0.0473 e. The molecule has 0 unspecified atom stereocenters. The minimum Gasteiger partial charge on any atom is -0.396 e. The molecule has 0 bridgehead atoms. The Kier molecular flexibility index (Phi) is 7.21. The molecule has 1 heteroatoms. The van der Waals surface area contributed by atoms with Crippen LogP contribution in [0.2, 0.25) is 0 Å². The molecular weight excluding hydrogens is 412 g/mol. The highest BCUT2D eigenvalue weighted by atomic mass is 16.3. The molecule has 0 saturated carbocycles. The van der Waals surface area contributed by atoms with Crippen LogP contribution < -0.4 is 0 Å². The van der Waals surface area contributed by atoms with Gasteiger partial charge >= 0.3 is 0 Å². The van der Waals surface area contributed by atoms with Crippen LogP contribution in [0, 0.1) is 0 Å². The van der Waals surface area contributed by atoms with Crippen LogP contribution in [0.25, 0.3) is 0 Å². The third-order valence-electron chi connectivity index (χ3n) is 7.22. The number of aliphatic hydroxyl groups excluding tert-OH is 1. The van der Waals surface area contributed by atoms with Crippen LogP contribution >= 0.6 is 0 Å². The van der Waals surface area contributed by atoms with Crippen molar-refractivity contribution in [2.24, 2.45) is 0 Å². The maximum absolute atomic E-state index is 10.3. The van der Waals surface area contributed by atoms with Gasteiger partial charge in [-0.15, -0.1) is 0 Å². The summed E-state index contributed by atoms with van der Waals surface area (Å²) in [5, 5.41) is 10.3. The molecule has 3 aromatic rings. The van der Waals surface area contributed by atoms with E-state index in [-0.39, 0.29) is 22.9 Å². The summed E-state index contributed by atoms with van der Waals surface area (Å²) in [6, 6.07) is 27.2. The van der Waals surface area contributed by atoms with Crippen LogP contribution in [-0.2, 0) is 21.7 Å². The summed E-state index contributed by atoms with van der Waals surface area (Å²) in [5.41, 5.74) is 7.51. The third kappa shape index (κ3) is 5.31. The zero-order valence-corrected chi connectivity index (χ0v) is 22.8. The van der Waals surface area contributed by atoms with Crippen LogP contribution in [0.15, 0.2) is 72.8 Å². The molecular formula is C33H44O. The second kappa shape index (κ2) is 9.34. The summed E-state index contributed by atoms with van der Waals surface area (Å²) in [5.74, 6) is 0. The van der Waals surface area contributed by atoms with Crippen molar-refractivity contribution in [2.45, 2.75) is 90.4 Å². The Bertz CT molecular complexity index is 925. The van der Waals surface area contributed by atoms with E-state index in [0.29, 0.717) is 6.42 Å². The molecule has 0 aliphatic heterocycles. The van der Waals surface area contributed by atoms with Gasteiger partial charge in [0.1, 0.15) is 0 Å². The van der Waals surface area contributed by atoms with Crippen molar-refractivity contribution in [3.05, 3.63) is 106 Å². The molecule has 3 aromatic carbocycles. The summed E-state index contributed by atoms with van der Waals surface area (Å²) < 4.78 is 0. The maximum Gasteiger partial charge on any atom is 0.0473 e. The van der Waals surface area contributed by atoms with Crippen molar-refractivity contribution < 1.29 is 5.11 Å². The predicted molar refractivity (Wildman–Crippen MR) is 147 cm³/mol. The minimum absolute atomic E-state index is 0.0981. The first-order chi connectivity index (χ1) is 15.7. The van der Waals surface area contributed by atoms with Crippen molar-refractivity contribution in [1.82, 2.24) is 0 Å². The maximum atomic E-state index is 10.3. The quantitative estimate of drug-likeness (QED) is 0.383. The molecule has 0 fully saturated rings. The summed E-state index contributed by atoms with van der Waals surface area (Å²) in [4.78, 5) is 0. The predicted octanol–water partition coefficient (Wildman–Crippen LogP) is 8.30. The van der Waals surface area contributed by atoms with E-state index in [1.54, 1.807) is 0 Å². The zero-order chi connectivity index (χ0) is 25.4. The van der Waals surface area contributed by atoms with E-state index in [2.05, 4.69) is 135 Å². The molecule has 0 aromatic heterocycles. The van der Waals surface area contributed by atoms with Gasteiger partial charge in [-0.2, -0.15) is 0 Å². The van der Waals surface area contributed by atoms with Gasteiger partial charge in [0.15, 0.2) is 0 Å². The Morgan fingerprint density at radius 2 is 0.618 bits per heavy atom. The summed E-state index contributed by atoms with van der Waals surface area (Å²) >= 11 is 0. The van der Waals surface area contributed by atoms with Crippen LogP contribution in [0.4, 0.5) is 0 Å². The van der Waals surface area contributed by atoms with Gasteiger partial charge in [-0.1, -0.05) is 135 Å². The highest BCUT2D eigenvalue weighted by Crippen LogP contribution is 2.44. The van der Waals surface area contributed by atoms with Gasteiger partial charge in [-0.25, -0.2) is 0 Å². The van der Waals surface area contributed by atoms with Gasteiger partial charge < -0.3 is 5.11 Å². The fourth-order valence-corrected chi connectivity index (χ4v) is 4.86. The lowest BCUT2D eigenvalue weighted by atomic mass is 9.66. The highest BCUT2D eigenvalue weighted by molar-refractivity contribution is 5.52. The fourth-order valence-electron chi connectivity index (χ4n) is 4.86. The lowest BCUT2D eigenvalue weighted by Gasteiger charge is -2.37. The molecule has 0 radical (unpaired) electrons. The first-order valence-electron chi connectivity index (χ1n) is 12.6. The van der Waals surface area contributed by atoms with Crippen molar-refractivity contribution in [1.29, 1.82) is 0 Å². The number of rotatable bonds is 5. The molecule has 0 spiro atoms. The van der Waals surface area contributed by atoms with E-state index < -0.39 is 5.41 Å². The number of hydrogen-bond acceptors (Lipinski definition) is 1. The number of aliphatic hydroxyl groups is 1. The average molecular weight is 457 g/mol. The van der Waals surface area contributed by atoms with Crippen molar-refractivity contribution in [3.8, 4) is 0 Å². The summed E-state index contributed by atoms with van der Waals surface area (Å²) in [6.07, 6.45) is 0.631. The molecule has 0 heterocycles. The van der Waals surface area contributed by atoms with Gasteiger partial charge in [0.2, 0.25) is 0 Å². The fraction of sp³-hybridized carbons (Fsp3) is 0.455. The monoisotopic (exact) mass is 456 g/mol. The topological polar surface area (TPSA) is 20.2 Å². The van der Waals surface area contributed by atoms with Gasteiger partial charge in [0, 0.05) is 12.0 Å². The van der Waals surface area contributed by atoms with E-state index in [9.17, 15) is 5.11 Å². The van der Waals surface area contributed by atoms with Crippen molar-refractivity contribution >= 4 is 0 Å². The molecule has 1 N–H and O–H groups in total. The molecule has 0 atom stereocenters. The van der Waals surface area contributed by atoms with E-state index in [1.165, 1.54) is 33.4 Å². The van der Waals surface area contributed by atoms with E-state index >= 15 is 0 Å². The van der Waals surface area contributed by atoms with Crippen LogP contribution in [0.5, 0.6) is 0 Å². The van der Waals surface area contributed by atoms with Crippen LogP contribution in [-0.4, -0.2) is 11.7 Å². The largest absolute Gasteiger partial charge is 0.396 e. The zero-order valence-electron chi connectivity index (χ0n) is 22.8. The normalized spacial score (nSPS) is 13.2. The summed E-state index contributed by atoms with van der Waals surface area (Å²) in [6.45, 7) is 20.4. The first kappa shape index (κ1) is 26.2. The second-order valence-electron chi connectivity index (χ2n) is 12.9. The Labute approximate surface area is 208 Å². The van der Waals surface area contributed by atoms with E-state index in [4.69, 9.17) is 0 Å². The van der Waals surface area contributed by atoms with Gasteiger partial charge in [-0.05, 0) is 56.0 Å². The molecule has 34 heavy (non-hydrogen) atoms. The van der Waals surface area contributed by atoms with Crippen molar-refractivity contribution in [2.75, 3.05) is 6.61 Å². The summed E-state index contributed by atoms with van der Waals surface area (Å²) in [7, 11) is 0. The number of hydrogen-bond donors (Lipinski definition) is 1. The molecule has 0 aliphatic rings. The second-order valence-corrected chi connectivity index (χ2v) is 12.9. The molecule has 0 aliphatic carbocycles. The Morgan fingerprint density at radius 1 is 0.412 bits per heavy atom. The molecule has 0 amide bonds. The van der Waals surface area contributed by atoms with Crippen molar-refractivity contribution in [3.63, 3.8) is 0 Å². The molecule has 1 nitrogen and oxygen atoms in total. The molecule has 0 saturated heterocycles. The third-order valence-corrected chi connectivity index (χ3v) is 7.22. The standard InChI is InChI=1S/C33H44O/c1-30(2,3)24-10-16-27(17-11-24)33(22-23-34,28-18-12-25(13-19-28)31(4,5)6)29-20-14-26(15-21-29)32(7,8)9/h10-21,34H,22-23H2,1-9H3. The van der Waals surface area contributed by atoms with Crippen LogP contribution in [0.3, 0.4) is 0 Å². The first-order valence-corrected chi connectivity index (χ1v) is 12.6. The minimum atomic E-state index is -0.419. The average Bonchev–Trinajstić information content (AvgIpc) is 2.76. The van der Waals surface area contributed by atoms with Crippen LogP contribution in [0.1, 0.15) is 102 Å². The molecule has 182 valence electrons. The van der Waals surface area contributed by atoms with E-state index in [1.807, 2.05) is 0 Å². The SMILES string of the molecule is CC(C)(C)c1ccc(C(CCO)(c2ccc(C(C)(C)C)cc2)c2ccc(C(C)(C)C)cc2)cc1.